The number of aromatic nitrogens is 2. The summed E-state index contributed by atoms with van der Waals surface area (Å²) < 4.78 is 0. The number of nitrogens with zero attached hydrogens (tertiary/aromatic N) is 2. The first-order valence-electron chi connectivity index (χ1n) is 8.38. The van der Waals surface area contributed by atoms with Crippen LogP contribution in [0.4, 0.5) is 23.0 Å². The molecule has 2 aromatic rings. The fourth-order valence-corrected chi connectivity index (χ4v) is 3.28. The van der Waals surface area contributed by atoms with Gasteiger partial charge in [0.05, 0.1) is 10.7 Å². The average molecular weight is 378 g/mol. The standard InChI is InChI=1S/C18H21Cl2N5/c19-13-6-7-15(14(20)10-13)25-18-16(21)17(23-11-24-18)22-9-8-12-4-2-1-3-5-12/h4,6-7,10-11H,1-3,5,8-9,21H2,(H2,22,23,24,25). The Morgan fingerprint density at radius 1 is 1.12 bits per heavy atom. The number of hydrogen-bond acceptors (Lipinski definition) is 5. The summed E-state index contributed by atoms with van der Waals surface area (Å²) in [5.74, 6) is 1.14. The Balaban J connectivity index is 1.66. The van der Waals surface area contributed by atoms with Gasteiger partial charge in [0.2, 0.25) is 0 Å². The van der Waals surface area contributed by atoms with Crippen molar-refractivity contribution in [3.63, 3.8) is 0 Å². The Kier molecular flexibility index (Phi) is 6.00. The van der Waals surface area contributed by atoms with E-state index in [0.717, 1.165) is 13.0 Å². The van der Waals surface area contributed by atoms with E-state index in [1.165, 1.54) is 37.6 Å². The molecule has 25 heavy (non-hydrogen) atoms. The summed E-state index contributed by atoms with van der Waals surface area (Å²) in [7, 11) is 0. The lowest BCUT2D eigenvalue weighted by atomic mass is 9.97. The molecule has 1 aromatic heterocycles. The summed E-state index contributed by atoms with van der Waals surface area (Å²) in [6, 6.07) is 5.21. The predicted octanol–water partition coefficient (Wildman–Crippen LogP) is 5.41. The number of rotatable bonds is 6. The highest BCUT2D eigenvalue weighted by molar-refractivity contribution is 6.36. The maximum Gasteiger partial charge on any atom is 0.159 e. The summed E-state index contributed by atoms with van der Waals surface area (Å²) >= 11 is 12.1. The molecule has 0 amide bonds. The molecule has 1 aromatic carbocycles. The Bertz CT molecular complexity index is 776. The number of nitrogens with two attached hydrogens (primary N) is 1. The average Bonchev–Trinajstić information content (AvgIpc) is 2.61. The van der Waals surface area contributed by atoms with Crippen molar-refractivity contribution >= 4 is 46.2 Å². The van der Waals surface area contributed by atoms with Crippen molar-refractivity contribution in [2.75, 3.05) is 22.9 Å². The van der Waals surface area contributed by atoms with Crippen molar-refractivity contribution in [1.29, 1.82) is 0 Å². The highest BCUT2D eigenvalue weighted by Crippen LogP contribution is 2.31. The number of benzene rings is 1. The largest absolute Gasteiger partial charge is 0.393 e. The van der Waals surface area contributed by atoms with E-state index in [9.17, 15) is 0 Å². The fraction of sp³-hybridized carbons (Fsp3) is 0.333. The second-order valence-corrected chi connectivity index (χ2v) is 6.86. The van der Waals surface area contributed by atoms with Crippen molar-refractivity contribution in [2.24, 2.45) is 0 Å². The van der Waals surface area contributed by atoms with Crippen molar-refractivity contribution in [3.8, 4) is 0 Å². The molecule has 0 aliphatic heterocycles. The van der Waals surface area contributed by atoms with Gasteiger partial charge in [-0.2, -0.15) is 0 Å². The minimum Gasteiger partial charge on any atom is -0.393 e. The second-order valence-electron chi connectivity index (χ2n) is 6.02. The summed E-state index contributed by atoms with van der Waals surface area (Å²) in [4.78, 5) is 8.44. The van der Waals surface area contributed by atoms with Crippen LogP contribution in [0, 0.1) is 0 Å². The number of allylic oxidation sites excluding steroid dienone is 1. The van der Waals surface area contributed by atoms with Crippen LogP contribution in [0.25, 0.3) is 0 Å². The van der Waals surface area contributed by atoms with Crippen molar-refractivity contribution in [2.45, 2.75) is 32.1 Å². The van der Waals surface area contributed by atoms with Gasteiger partial charge in [-0.25, -0.2) is 9.97 Å². The second kappa shape index (κ2) is 8.41. The molecule has 0 atom stereocenters. The molecule has 4 N–H and O–H groups in total. The summed E-state index contributed by atoms with van der Waals surface area (Å²) in [6.07, 6.45) is 9.82. The molecule has 0 saturated heterocycles. The smallest absolute Gasteiger partial charge is 0.159 e. The molecular weight excluding hydrogens is 357 g/mol. The fourth-order valence-electron chi connectivity index (χ4n) is 2.83. The van der Waals surface area contributed by atoms with E-state index in [1.54, 1.807) is 18.2 Å². The van der Waals surface area contributed by atoms with E-state index in [-0.39, 0.29) is 0 Å². The van der Waals surface area contributed by atoms with Crippen LogP contribution in [0.5, 0.6) is 0 Å². The monoisotopic (exact) mass is 377 g/mol. The molecule has 1 aliphatic rings. The SMILES string of the molecule is Nc1c(NCCC2=CCCCC2)ncnc1Nc1ccc(Cl)cc1Cl. The van der Waals surface area contributed by atoms with Gasteiger partial charge in [0.1, 0.15) is 12.0 Å². The third-order valence-electron chi connectivity index (χ3n) is 4.19. The third kappa shape index (κ3) is 4.77. The Hall–Kier alpha value is -1.98. The lowest BCUT2D eigenvalue weighted by Gasteiger charge is -2.15. The molecule has 0 unspecified atom stereocenters. The van der Waals surface area contributed by atoms with Crippen LogP contribution in [0.15, 0.2) is 36.2 Å². The number of halogens is 2. The van der Waals surface area contributed by atoms with E-state index in [2.05, 4.69) is 26.7 Å². The van der Waals surface area contributed by atoms with Crippen LogP contribution in [0.2, 0.25) is 10.0 Å². The Morgan fingerprint density at radius 2 is 1.96 bits per heavy atom. The molecular formula is C18H21Cl2N5. The Labute approximate surface area is 157 Å². The van der Waals surface area contributed by atoms with Gasteiger partial charge in [0, 0.05) is 11.6 Å². The molecule has 0 radical (unpaired) electrons. The maximum absolute atomic E-state index is 6.20. The molecule has 7 heteroatoms. The zero-order valence-corrected chi connectivity index (χ0v) is 15.4. The van der Waals surface area contributed by atoms with E-state index >= 15 is 0 Å². The number of nitrogens with one attached hydrogen (secondary N) is 2. The van der Waals surface area contributed by atoms with Gasteiger partial charge in [-0.1, -0.05) is 34.9 Å². The van der Waals surface area contributed by atoms with E-state index in [4.69, 9.17) is 28.9 Å². The maximum atomic E-state index is 6.20. The molecule has 1 aliphatic carbocycles. The highest BCUT2D eigenvalue weighted by Gasteiger charge is 2.10. The highest BCUT2D eigenvalue weighted by atomic mass is 35.5. The lowest BCUT2D eigenvalue weighted by molar-refractivity contribution is 0.679. The van der Waals surface area contributed by atoms with E-state index in [0.29, 0.717) is 33.1 Å². The van der Waals surface area contributed by atoms with Gasteiger partial charge < -0.3 is 16.4 Å². The first-order valence-corrected chi connectivity index (χ1v) is 9.13. The van der Waals surface area contributed by atoms with Gasteiger partial charge in [-0.05, 0) is 50.3 Å². The summed E-state index contributed by atoms with van der Waals surface area (Å²) in [6.45, 7) is 0.800. The molecule has 5 nitrogen and oxygen atoms in total. The quantitative estimate of drug-likeness (QED) is 0.586. The van der Waals surface area contributed by atoms with Gasteiger partial charge in [-0.3, -0.25) is 0 Å². The summed E-state index contributed by atoms with van der Waals surface area (Å²) in [5.41, 5.74) is 8.86. The van der Waals surface area contributed by atoms with Crippen molar-refractivity contribution in [1.82, 2.24) is 9.97 Å². The van der Waals surface area contributed by atoms with Crippen LogP contribution in [0.3, 0.4) is 0 Å². The first-order chi connectivity index (χ1) is 12.1. The van der Waals surface area contributed by atoms with Crippen LogP contribution in [-0.4, -0.2) is 16.5 Å². The lowest BCUT2D eigenvalue weighted by Crippen LogP contribution is -2.10. The zero-order chi connectivity index (χ0) is 17.6. The summed E-state index contributed by atoms with van der Waals surface area (Å²) in [5, 5.41) is 7.51. The topological polar surface area (TPSA) is 75.9 Å². The van der Waals surface area contributed by atoms with Crippen LogP contribution in [-0.2, 0) is 0 Å². The van der Waals surface area contributed by atoms with Gasteiger partial charge >= 0.3 is 0 Å². The molecule has 132 valence electrons. The molecule has 0 fully saturated rings. The molecule has 1 heterocycles. The van der Waals surface area contributed by atoms with E-state index in [1.807, 2.05) is 0 Å². The number of hydrogen-bond donors (Lipinski definition) is 3. The minimum absolute atomic E-state index is 0.464. The molecule has 0 saturated carbocycles. The van der Waals surface area contributed by atoms with Crippen LogP contribution < -0.4 is 16.4 Å². The van der Waals surface area contributed by atoms with Crippen molar-refractivity contribution < 1.29 is 0 Å². The molecule has 3 rings (SSSR count). The van der Waals surface area contributed by atoms with Crippen LogP contribution in [0.1, 0.15) is 32.1 Å². The zero-order valence-electron chi connectivity index (χ0n) is 13.9. The third-order valence-corrected chi connectivity index (χ3v) is 4.74. The van der Waals surface area contributed by atoms with Crippen molar-refractivity contribution in [3.05, 3.63) is 46.2 Å². The predicted molar refractivity (Wildman–Crippen MR) is 106 cm³/mol. The Morgan fingerprint density at radius 3 is 2.72 bits per heavy atom. The van der Waals surface area contributed by atoms with Gasteiger partial charge in [0.15, 0.2) is 11.6 Å². The number of anilines is 4. The van der Waals surface area contributed by atoms with Gasteiger partial charge in [0.25, 0.3) is 0 Å². The first kappa shape index (κ1) is 17.8. The van der Waals surface area contributed by atoms with E-state index < -0.39 is 0 Å². The molecule has 0 bridgehead atoms. The normalized spacial score (nSPS) is 14.1. The van der Waals surface area contributed by atoms with Crippen LogP contribution >= 0.6 is 23.2 Å². The van der Waals surface area contributed by atoms with Gasteiger partial charge in [-0.15, -0.1) is 0 Å². The minimum atomic E-state index is 0.464. The number of nitrogen functional groups attached to an aromatic ring is 1. The molecule has 0 spiro atoms.